The number of hydrogen-bond acceptors (Lipinski definition) is 6. The molecule has 0 saturated carbocycles. The molecule has 0 fully saturated rings. The molecule has 0 unspecified atom stereocenters. The van der Waals surface area contributed by atoms with Gasteiger partial charge >= 0.3 is 6.01 Å². The molecule has 33 heavy (non-hydrogen) atoms. The maximum absolute atomic E-state index is 5.80. The van der Waals surface area contributed by atoms with E-state index in [0.29, 0.717) is 17.3 Å². The van der Waals surface area contributed by atoms with Crippen molar-refractivity contribution in [3.8, 4) is 11.8 Å². The third-order valence-corrected chi connectivity index (χ3v) is 5.46. The number of H-pyrrole nitrogens is 1. The van der Waals surface area contributed by atoms with Crippen molar-refractivity contribution in [3.63, 3.8) is 0 Å². The number of halogens is 1. The van der Waals surface area contributed by atoms with Crippen molar-refractivity contribution >= 4 is 28.6 Å². The number of aromatic nitrogens is 6. The second-order valence-corrected chi connectivity index (χ2v) is 8.26. The highest BCUT2D eigenvalue weighted by Crippen LogP contribution is 2.23. The average Bonchev–Trinajstić information content (AvgIpc) is 3.37. The highest BCUT2D eigenvalue weighted by atomic mass is 35.5. The summed E-state index contributed by atoms with van der Waals surface area (Å²) in [4.78, 5) is 12.8. The molecule has 2 N–H and O–H groups in total. The van der Waals surface area contributed by atoms with Crippen molar-refractivity contribution in [1.29, 1.82) is 0 Å². The van der Waals surface area contributed by atoms with Gasteiger partial charge in [0.2, 0.25) is 5.95 Å². The monoisotopic (exact) mass is 459 g/mol. The number of aromatic amines is 1. The van der Waals surface area contributed by atoms with Gasteiger partial charge in [-0.25, -0.2) is 15.0 Å². The van der Waals surface area contributed by atoms with E-state index in [1.165, 1.54) is 18.0 Å². The highest BCUT2D eigenvalue weighted by Gasteiger charge is 2.10. The summed E-state index contributed by atoms with van der Waals surface area (Å²) in [6, 6.07) is 16.4. The fraction of sp³-hybridized carbons (Fsp3) is 0.167. The summed E-state index contributed by atoms with van der Waals surface area (Å²) < 4.78 is 7.71. The molecule has 3 aromatic heterocycles. The van der Waals surface area contributed by atoms with Gasteiger partial charge in [0.25, 0.3) is 0 Å². The molecule has 9 heteroatoms. The second-order valence-electron chi connectivity index (χ2n) is 7.82. The SMILES string of the molecule is Cc1cc(Cc2ccc3nc(NCc4ccc(Oc5ncc(Cl)cn5)cc4)n(C)c3c2)n[nH]1. The normalized spacial score (nSPS) is 11.1. The number of nitrogens with one attached hydrogen (secondary N) is 2. The van der Waals surface area contributed by atoms with Crippen molar-refractivity contribution < 1.29 is 4.74 Å². The summed E-state index contributed by atoms with van der Waals surface area (Å²) in [5.74, 6) is 1.47. The summed E-state index contributed by atoms with van der Waals surface area (Å²) in [5, 5.41) is 11.2. The van der Waals surface area contributed by atoms with Crippen LogP contribution >= 0.6 is 11.6 Å². The van der Waals surface area contributed by atoms with Crippen LogP contribution in [0.4, 0.5) is 5.95 Å². The Kier molecular flexibility index (Phi) is 5.66. The predicted octanol–water partition coefficient (Wildman–Crippen LogP) is 5.04. The Morgan fingerprint density at radius 1 is 1.03 bits per heavy atom. The molecule has 0 aliphatic heterocycles. The van der Waals surface area contributed by atoms with Crippen LogP contribution in [-0.4, -0.2) is 29.7 Å². The minimum absolute atomic E-state index is 0.256. The second kappa shape index (κ2) is 8.91. The third kappa shape index (κ3) is 4.80. The van der Waals surface area contributed by atoms with Gasteiger partial charge in [0, 0.05) is 25.7 Å². The molecule has 0 bridgehead atoms. The smallest absolute Gasteiger partial charge is 0.321 e. The van der Waals surface area contributed by atoms with Gasteiger partial charge in [-0.3, -0.25) is 5.10 Å². The number of benzene rings is 2. The lowest BCUT2D eigenvalue weighted by Gasteiger charge is -2.08. The topological polar surface area (TPSA) is 93.5 Å². The number of rotatable bonds is 7. The lowest BCUT2D eigenvalue weighted by molar-refractivity contribution is 0.441. The summed E-state index contributed by atoms with van der Waals surface area (Å²) in [5.41, 5.74) is 6.42. The van der Waals surface area contributed by atoms with Gasteiger partial charge in [-0.15, -0.1) is 0 Å². The summed E-state index contributed by atoms with van der Waals surface area (Å²) in [7, 11) is 2.02. The highest BCUT2D eigenvalue weighted by molar-refractivity contribution is 6.30. The lowest BCUT2D eigenvalue weighted by Crippen LogP contribution is -2.05. The minimum Gasteiger partial charge on any atom is -0.424 e. The van der Waals surface area contributed by atoms with E-state index in [4.69, 9.17) is 21.3 Å². The maximum atomic E-state index is 5.80. The van der Waals surface area contributed by atoms with E-state index in [9.17, 15) is 0 Å². The number of nitrogens with zero attached hydrogens (tertiary/aromatic N) is 5. The van der Waals surface area contributed by atoms with E-state index < -0.39 is 0 Å². The first-order valence-electron chi connectivity index (χ1n) is 10.5. The quantitative estimate of drug-likeness (QED) is 0.354. The van der Waals surface area contributed by atoms with Gasteiger partial charge in [0.1, 0.15) is 5.75 Å². The Hall–Kier alpha value is -3.91. The molecule has 0 amide bonds. The van der Waals surface area contributed by atoms with Crippen LogP contribution in [-0.2, 0) is 20.0 Å². The Morgan fingerprint density at radius 3 is 2.52 bits per heavy atom. The van der Waals surface area contributed by atoms with Crippen LogP contribution in [0, 0.1) is 6.92 Å². The van der Waals surface area contributed by atoms with Crippen LogP contribution in [0.15, 0.2) is 60.9 Å². The van der Waals surface area contributed by atoms with Gasteiger partial charge in [0.15, 0.2) is 0 Å². The zero-order valence-corrected chi connectivity index (χ0v) is 19.0. The molecule has 166 valence electrons. The first-order chi connectivity index (χ1) is 16.0. The van der Waals surface area contributed by atoms with E-state index in [1.54, 1.807) is 0 Å². The molecular formula is C24H22ClN7O. The van der Waals surface area contributed by atoms with E-state index >= 15 is 0 Å². The van der Waals surface area contributed by atoms with E-state index in [-0.39, 0.29) is 6.01 Å². The Morgan fingerprint density at radius 2 is 1.79 bits per heavy atom. The zero-order chi connectivity index (χ0) is 22.8. The van der Waals surface area contributed by atoms with E-state index in [1.807, 2.05) is 38.2 Å². The Bertz CT molecular complexity index is 1390. The molecule has 0 aliphatic carbocycles. The number of ether oxygens (including phenoxy) is 1. The fourth-order valence-electron chi connectivity index (χ4n) is 3.59. The van der Waals surface area contributed by atoms with Crippen molar-refractivity contribution in [3.05, 3.63) is 88.5 Å². The first kappa shape index (κ1) is 21.0. The molecule has 0 spiro atoms. The van der Waals surface area contributed by atoms with Crippen molar-refractivity contribution in [1.82, 2.24) is 29.7 Å². The van der Waals surface area contributed by atoms with Gasteiger partial charge < -0.3 is 14.6 Å². The molecule has 8 nitrogen and oxygen atoms in total. The lowest BCUT2D eigenvalue weighted by atomic mass is 10.1. The number of aryl methyl sites for hydroxylation is 2. The number of anilines is 1. The predicted molar refractivity (Wildman–Crippen MR) is 128 cm³/mol. The van der Waals surface area contributed by atoms with Crippen molar-refractivity contribution in [2.45, 2.75) is 19.9 Å². The maximum Gasteiger partial charge on any atom is 0.321 e. The van der Waals surface area contributed by atoms with Gasteiger partial charge in [0.05, 0.1) is 34.1 Å². The van der Waals surface area contributed by atoms with Crippen LogP contribution in [0.2, 0.25) is 5.02 Å². The number of hydrogen-bond donors (Lipinski definition) is 2. The van der Waals surface area contributed by atoms with Gasteiger partial charge in [-0.1, -0.05) is 29.8 Å². The third-order valence-electron chi connectivity index (χ3n) is 5.27. The van der Waals surface area contributed by atoms with Crippen LogP contribution in [0.3, 0.4) is 0 Å². The molecule has 5 aromatic rings. The molecule has 0 atom stereocenters. The zero-order valence-electron chi connectivity index (χ0n) is 18.2. The van der Waals surface area contributed by atoms with E-state index in [0.717, 1.165) is 40.4 Å². The standard InChI is InChI=1S/C24H22ClN7O/c1-15-9-19(31-30-15)10-17-5-8-21-22(11-17)32(2)23(29-21)26-12-16-3-6-20(7-4-16)33-24-27-13-18(25)14-28-24/h3-9,11,13-14H,10,12H2,1-2H3,(H,26,29)(H,30,31). The Labute approximate surface area is 195 Å². The average molecular weight is 460 g/mol. The molecule has 0 aliphatic rings. The summed E-state index contributed by atoms with van der Waals surface area (Å²) in [6.45, 7) is 2.64. The van der Waals surface area contributed by atoms with Crippen LogP contribution in [0.1, 0.15) is 22.5 Å². The first-order valence-corrected chi connectivity index (χ1v) is 10.9. The largest absolute Gasteiger partial charge is 0.424 e. The van der Waals surface area contributed by atoms with E-state index in [2.05, 4.69) is 54.3 Å². The molecule has 5 rings (SSSR count). The van der Waals surface area contributed by atoms with Crippen molar-refractivity contribution in [2.75, 3.05) is 5.32 Å². The van der Waals surface area contributed by atoms with Crippen LogP contribution < -0.4 is 10.1 Å². The van der Waals surface area contributed by atoms with Crippen LogP contribution in [0.25, 0.3) is 11.0 Å². The molecule has 0 saturated heterocycles. The molecule has 2 aromatic carbocycles. The Balaban J connectivity index is 1.25. The van der Waals surface area contributed by atoms with Gasteiger partial charge in [-0.05, 0) is 48.4 Å². The molecular weight excluding hydrogens is 438 g/mol. The molecule has 0 radical (unpaired) electrons. The molecule has 3 heterocycles. The minimum atomic E-state index is 0.256. The number of imidazole rings is 1. The van der Waals surface area contributed by atoms with Crippen LogP contribution in [0.5, 0.6) is 11.8 Å². The summed E-state index contributed by atoms with van der Waals surface area (Å²) in [6.07, 6.45) is 3.78. The van der Waals surface area contributed by atoms with Gasteiger partial charge in [-0.2, -0.15) is 5.10 Å². The summed E-state index contributed by atoms with van der Waals surface area (Å²) >= 11 is 5.80. The van der Waals surface area contributed by atoms with Crippen molar-refractivity contribution in [2.24, 2.45) is 7.05 Å². The fourth-order valence-corrected chi connectivity index (χ4v) is 3.69. The number of fused-ring (bicyclic) bond motifs is 1.